The molecule has 0 amide bonds. The van der Waals surface area contributed by atoms with Gasteiger partial charge in [-0.3, -0.25) is 0 Å². The Morgan fingerprint density at radius 2 is 1.73 bits per heavy atom. The summed E-state index contributed by atoms with van der Waals surface area (Å²) >= 11 is 3.38. The van der Waals surface area contributed by atoms with Gasteiger partial charge in [-0.15, -0.1) is 0 Å². The van der Waals surface area contributed by atoms with E-state index in [1.165, 1.54) is 32.4 Å². The van der Waals surface area contributed by atoms with Crippen molar-refractivity contribution in [1.82, 2.24) is 4.90 Å². The van der Waals surface area contributed by atoms with Gasteiger partial charge in [-0.05, 0) is 55.2 Å². The Kier molecular flexibility index (Phi) is 6.04. The van der Waals surface area contributed by atoms with Crippen LogP contribution >= 0.6 is 22.7 Å². The molecule has 2 aromatic heterocycles. The van der Waals surface area contributed by atoms with Crippen LogP contribution in [0.25, 0.3) is 0 Å². The Balaban J connectivity index is 1.50. The van der Waals surface area contributed by atoms with Gasteiger partial charge in [0.15, 0.2) is 0 Å². The van der Waals surface area contributed by atoms with Gasteiger partial charge in [0.2, 0.25) is 0 Å². The molecule has 0 saturated carbocycles. The lowest BCUT2D eigenvalue weighted by atomic mass is 10.1. The van der Waals surface area contributed by atoms with E-state index >= 15 is 0 Å². The molecule has 0 bridgehead atoms. The van der Waals surface area contributed by atoms with Gasteiger partial charge < -0.3 is 9.74 Å². The summed E-state index contributed by atoms with van der Waals surface area (Å²) in [5.41, 5.74) is 3.22. The number of oxime groups is 1. The molecule has 3 rings (SSSR count). The predicted molar refractivity (Wildman–Crippen MR) is 95.1 cm³/mol. The van der Waals surface area contributed by atoms with Crippen LogP contribution in [0.1, 0.15) is 36.8 Å². The van der Waals surface area contributed by atoms with Gasteiger partial charge in [-0.2, -0.15) is 22.7 Å². The van der Waals surface area contributed by atoms with E-state index in [0.29, 0.717) is 6.61 Å². The molecule has 0 N–H and O–H groups in total. The van der Waals surface area contributed by atoms with E-state index < -0.39 is 0 Å². The third-order valence-corrected chi connectivity index (χ3v) is 5.27. The van der Waals surface area contributed by atoms with E-state index in [1.54, 1.807) is 22.7 Å². The summed E-state index contributed by atoms with van der Waals surface area (Å²) in [6.07, 6.45) is 5.13. The van der Waals surface area contributed by atoms with Gasteiger partial charge in [-0.25, -0.2) is 0 Å². The number of rotatable bonds is 7. The molecule has 0 atom stereocenters. The molecule has 5 heteroatoms. The van der Waals surface area contributed by atoms with Crippen LogP contribution in [-0.2, 0) is 4.84 Å². The van der Waals surface area contributed by atoms with Crippen LogP contribution in [0.4, 0.5) is 0 Å². The average Bonchev–Trinajstić information content (AvgIpc) is 3.25. The van der Waals surface area contributed by atoms with E-state index in [0.717, 1.165) is 29.8 Å². The van der Waals surface area contributed by atoms with Crippen molar-refractivity contribution in [2.75, 3.05) is 26.2 Å². The summed E-state index contributed by atoms with van der Waals surface area (Å²) in [6, 6.07) is 4.19. The molecule has 1 aliphatic rings. The van der Waals surface area contributed by atoms with Crippen LogP contribution < -0.4 is 0 Å². The minimum absolute atomic E-state index is 0.689. The molecule has 0 aromatic carbocycles. The Labute approximate surface area is 140 Å². The molecule has 0 radical (unpaired) electrons. The van der Waals surface area contributed by atoms with Crippen molar-refractivity contribution in [2.24, 2.45) is 5.16 Å². The first kappa shape index (κ1) is 15.7. The third kappa shape index (κ3) is 4.41. The maximum atomic E-state index is 5.61. The smallest absolute Gasteiger partial charge is 0.118 e. The van der Waals surface area contributed by atoms with Crippen LogP contribution in [0, 0.1) is 0 Å². The molecule has 0 unspecified atom stereocenters. The van der Waals surface area contributed by atoms with Crippen LogP contribution in [0.2, 0.25) is 0 Å². The number of nitrogens with zero attached hydrogens (tertiary/aromatic N) is 2. The summed E-state index contributed by atoms with van der Waals surface area (Å²) < 4.78 is 0. The maximum absolute atomic E-state index is 5.61. The molecule has 118 valence electrons. The molecular weight excluding hydrogens is 312 g/mol. The van der Waals surface area contributed by atoms with E-state index in [-0.39, 0.29) is 0 Å². The van der Waals surface area contributed by atoms with Gasteiger partial charge in [0.1, 0.15) is 12.3 Å². The van der Waals surface area contributed by atoms with Gasteiger partial charge in [0, 0.05) is 28.4 Å². The Morgan fingerprint density at radius 1 is 1.05 bits per heavy atom. The highest BCUT2D eigenvalue weighted by atomic mass is 32.1. The molecule has 3 nitrogen and oxygen atoms in total. The lowest BCUT2D eigenvalue weighted by Crippen LogP contribution is -2.31. The topological polar surface area (TPSA) is 24.8 Å². The van der Waals surface area contributed by atoms with Crippen LogP contribution in [0.3, 0.4) is 0 Å². The number of hydrogen-bond donors (Lipinski definition) is 0. The van der Waals surface area contributed by atoms with Gasteiger partial charge in [0.05, 0.1) is 0 Å². The molecule has 0 spiro atoms. The van der Waals surface area contributed by atoms with Crippen molar-refractivity contribution in [3.8, 4) is 0 Å². The Hall–Kier alpha value is -1.17. The standard InChI is InChI=1S/C17H22N2OS2/c1-2-7-19(8-3-1)9-4-10-20-18-17(15-5-11-21-13-15)16-6-12-22-14-16/h5-6,11-14H,1-4,7-10H2. The minimum atomic E-state index is 0.689. The summed E-state index contributed by atoms with van der Waals surface area (Å²) in [6.45, 7) is 4.31. The van der Waals surface area contributed by atoms with Crippen molar-refractivity contribution in [3.05, 3.63) is 44.8 Å². The van der Waals surface area contributed by atoms with Crippen LogP contribution in [0.15, 0.2) is 38.8 Å². The fourth-order valence-corrected chi connectivity index (χ4v) is 4.00. The van der Waals surface area contributed by atoms with Gasteiger partial charge in [0.25, 0.3) is 0 Å². The largest absolute Gasteiger partial charge is 0.395 e. The summed E-state index contributed by atoms with van der Waals surface area (Å²) in [4.78, 5) is 8.14. The van der Waals surface area contributed by atoms with Crippen molar-refractivity contribution >= 4 is 28.4 Å². The summed E-state index contributed by atoms with van der Waals surface area (Å²) in [5, 5.41) is 12.8. The molecule has 0 aliphatic carbocycles. The third-order valence-electron chi connectivity index (χ3n) is 3.90. The zero-order valence-corrected chi connectivity index (χ0v) is 14.4. The second-order valence-electron chi connectivity index (χ2n) is 5.55. The molecule has 1 fully saturated rings. The van der Waals surface area contributed by atoms with E-state index in [1.807, 2.05) is 0 Å². The minimum Gasteiger partial charge on any atom is -0.395 e. The maximum Gasteiger partial charge on any atom is 0.118 e. The fraction of sp³-hybridized carbons (Fsp3) is 0.471. The lowest BCUT2D eigenvalue weighted by Gasteiger charge is -2.25. The zero-order valence-electron chi connectivity index (χ0n) is 12.7. The Bertz CT molecular complexity index is 521. The van der Waals surface area contributed by atoms with Crippen molar-refractivity contribution in [1.29, 1.82) is 0 Å². The summed E-state index contributed by atoms with van der Waals surface area (Å²) in [7, 11) is 0. The van der Waals surface area contributed by atoms with Crippen LogP contribution in [0.5, 0.6) is 0 Å². The van der Waals surface area contributed by atoms with Crippen LogP contribution in [-0.4, -0.2) is 36.9 Å². The molecule has 1 aliphatic heterocycles. The molecule has 3 heterocycles. The van der Waals surface area contributed by atoms with E-state index in [4.69, 9.17) is 4.84 Å². The van der Waals surface area contributed by atoms with Crippen molar-refractivity contribution in [2.45, 2.75) is 25.7 Å². The number of piperidine rings is 1. The van der Waals surface area contributed by atoms with Crippen molar-refractivity contribution in [3.63, 3.8) is 0 Å². The molecule has 1 saturated heterocycles. The SMILES string of the molecule is c1cc(C(=NOCCCN2CCCCC2)c2ccsc2)cs1. The predicted octanol–water partition coefficient (Wildman–Crippen LogP) is 4.45. The fourth-order valence-electron chi connectivity index (χ4n) is 2.72. The quantitative estimate of drug-likeness (QED) is 0.424. The number of hydrogen-bond acceptors (Lipinski definition) is 5. The highest BCUT2D eigenvalue weighted by Gasteiger charge is 2.10. The first-order valence-corrected chi connectivity index (χ1v) is 9.79. The first-order chi connectivity index (χ1) is 10.9. The van der Waals surface area contributed by atoms with Gasteiger partial charge >= 0.3 is 0 Å². The number of likely N-dealkylation sites (tertiary alicyclic amines) is 1. The number of thiophene rings is 2. The van der Waals surface area contributed by atoms with Crippen molar-refractivity contribution < 1.29 is 4.84 Å². The normalized spacial score (nSPS) is 15.6. The van der Waals surface area contributed by atoms with E-state index in [2.05, 4.69) is 43.7 Å². The highest BCUT2D eigenvalue weighted by molar-refractivity contribution is 7.08. The summed E-state index contributed by atoms with van der Waals surface area (Å²) in [5.74, 6) is 0. The highest BCUT2D eigenvalue weighted by Crippen LogP contribution is 2.17. The van der Waals surface area contributed by atoms with E-state index in [9.17, 15) is 0 Å². The zero-order chi connectivity index (χ0) is 15.0. The monoisotopic (exact) mass is 334 g/mol. The second-order valence-corrected chi connectivity index (χ2v) is 7.11. The first-order valence-electron chi connectivity index (χ1n) is 7.91. The average molecular weight is 335 g/mol. The lowest BCUT2D eigenvalue weighted by molar-refractivity contribution is 0.124. The molecular formula is C17H22N2OS2. The molecule has 2 aromatic rings. The Morgan fingerprint density at radius 3 is 2.32 bits per heavy atom. The second kappa shape index (κ2) is 8.46. The van der Waals surface area contributed by atoms with Gasteiger partial charge in [-0.1, -0.05) is 11.6 Å². The molecule has 22 heavy (non-hydrogen) atoms.